The quantitative estimate of drug-likeness (QED) is 0.657. The minimum Gasteiger partial charge on any atom is -0.370 e. The third-order valence-electron chi connectivity index (χ3n) is 3.63. The lowest BCUT2D eigenvalue weighted by Gasteiger charge is -2.27. The molecule has 1 heterocycles. The van der Waals surface area contributed by atoms with Crippen molar-refractivity contribution in [3.05, 3.63) is 29.8 Å². The van der Waals surface area contributed by atoms with Crippen molar-refractivity contribution in [1.82, 2.24) is 4.90 Å². The normalized spacial score (nSPS) is 15.9. The second kappa shape index (κ2) is 7.67. The van der Waals surface area contributed by atoms with Gasteiger partial charge < -0.3 is 16.0 Å². The highest BCUT2D eigenvalue weighted by atomic mass is 16.1. The number of hydrogen-bond donors (Lipinski definition) is 2. The molecular formula is C16H24N4O. The highest BCUT2D eigenvalue weighted by Crippen LogP contribution is 2.11. The van der Waals surface area contributed by atoms with Gasteiger partial charge in [-0.1, -0.05) is 12.1 Å². The van der Waals surface area contributed by atoms with Crippen molar-refractivity contribution < 1.29 is 4.79 Å². The summed E-state index contributed by atoms with van der Waals surface area (Å²) in [5.41, 5.74) is 8.04. The number of nitrogens with two attached hydrogens (primary N) is 1. The summed E-state index contributed by atoms with van der Waals surface area (Å²) in [7, 11) is 0. The zero-order chi connectivity index (χ0) is 15.1. The molecule has 1 saturated heterocycles. The Morgan fingerprint density at radius 1 is 1.24 bits per heavy atom. The van der Waals surface area contributed by atoms with Crippen LogP contribution in [-0.2, 0) is 11.2 Å². The maximum Gasteiger partial charge on any atom is 0.221 e. The van der Waals surface area contributed by atoms with Crippen LogP contribution in [0.15, 0.2) is 29.3 Å². The molecule has 1 aromatic rings. The van der Waals surface area contributed by atoms with Gasteiger partial charge in [0.1, 0.15) is 0 Å². The fourth-order valence-corrected chi connectivity index (χ4v) is 2.48. The Hall–Kier alpha value is -2.04. The van der Waals surface area contributed by atoms with E-state index in [1.165, 1.54) is 31.7 Å². The lowest BCUT2D eigenvalue weighted by atomic mass is 10.1. The molecule has 0 spiro atoms. The number of carbonyl (C=O) groups is 1. The first-order chi connectivity index (χ1) is 10.1. The molecule has 0 atom stereocenters. The van der Waals surface area contributed by atoms with Crippen LogP contribution in [0, 0.1) is 0 Å². The van der Waals surface area contributed by atoms with Gasteiger partial charge >= 0.3 is 0 Å². The molecule has 0 radical (unpaired) electrons. The van der Waals surface area contributed by atoms with E-state index in [4.69, 9.17) is 5.73 Å². The molecule has 1 fully saturated rings. The molecule has 2 rings (SSSR count). The number of piperidine rings is 1. The van der Waals surface area contributed by atoms with Crippen LogP contribution in [0.4, 0.5) is 5.69 Å². The summed E-state index contributed by atoms with van der Waals surface area (Å²) in [6.07, 6.45) is 4.57. The van der Waals surface area contributed by atoms with Crippen molar-refractivity contribution in [2.45, 2.75) is 32.6 Å². The van der Waals surface area contributed by atoms with Crippen molar-refractivity contribution in [2.24, 2.45) is 10.7 Å². The number of nitrogens with one attached hydrogen (secondary N) is 1. The van der Waals surface area contributed by atoms with E-state index < -0.39 is 0 Å². The Bertz CT molecular complexity index is 490. The summed E-state index contributed by atoms with van der Waals surface area (Å²) in [6, 6.07) is 7.85. The SMILES string of the molecule is CC(=O)Nc1ccc(CCN=C(N)N2CCCCC2)cc1. The van der Waals surface area contributed by atoms with Crippen LogP contribution in [0.3, 0.4) is 0 Å². The van der Waals surface area contributed by atoms with E-state index >= 15 is 0 Å². The minimum absolute atomic E-state index is 0.0540. The molecule has 114 valence electrons. The average Bonchev–Trinajstić information content (AvgIpc) is 2.49. The van der Waals surface area contributed by atoms with Gasteiger partial charge in [0.2, 0.25) is 5.91 Å². The van der Waals surface area contributed by atoms with Crippen molar-refractivity contribution in [2.75, 3.05) is 25.0 Å². The molecule has 5 nitrogen and oxygen atoms in total. The molecule has 0 saturated carbocycles. The van der Waals surface area contributed by atoms with Crippen LogP contribution in [0.5, 0.6) is 0 Å². The first-order valence-corrected chi connectivity index (χ1v) is 7.56. The standard InChI is InChI=1S/C16H24N4O/c1-13(21)19-15-7-5-14(6-8-15)9-10-18-16(17)20-11-3-2-4-12-20/h5-8H,2-4,9-12H2,1H3,(H2,17,18)(H,19,21). The lowest BCUT2D eigenvalue weighted by molar-refractivity contribution is -0.114. The van der Waals surface area contributed by atoms with Crippen LogP contribution in [0.25, 0.3) is 0 Å². The Morgan fingerprint density at radius 2 is 1.90 bits per heavy atom. The molecular weight excluding hydrogens is 264 g/mol. The highest BCUT2D eigenvalue weighted by molar-refractivity contribution is 5.88. The number of aliphatic imine (C=N–C) groups is 1. The molecule has 21 heavy (non-hydrogen) atoms. The summed E-state index contributed by atoms with van der Waals surface area (Å²) in [6.45, 7) is 4.26. The molecule has 1 amide bonds. The predicted octanol–water partition coefficient (Wildman–Crippen LogP) is 1.99. The van der Waals surface area contributed by atoms with Crippen LogP contribution in [0.1, 0.15) is 31.7 Å². The van der Waals surface area contributed by atoms with E-state index in [0.717, 1.165) is 25.2 Å². The third-order valence-corrected chi connectivity index (χ3v) is 3.63. The van der Waals surface area contributed by atoms with Crippen LogP contribution in [-0.4, -0.2) is 36.4 Å². The number of carbonyl (C=O) groups excluding carboxylic acids is 1. The molecule has 0 bridgehead atoms. The number of nitrogens with zero attached hydrogens (tertiary/aromatic N) is 2. The second-order valence-corrected chi connectivity index (χ2v) is 5.42. The number of guanidine groups is 1. The van der Waals surface area contributed by atoms with Crippen LogP contribution < -0.4 is 11.1 Å². The number of anilines is 1. The zero-order valence-corrected chi connectivity index (χ0v) is 12.6. The van der Waals surface area contributed by atoms with Gasteiger partial charge in [-0.05, 0) is 43.4 Å². The predicted molar refractivity (Wildman–Crippen MR) is 86.4 cm³/mol. The molecule has 3 N–H and O–H groups in total. The number of rotatable bonds is 4. The third kappa shape index (κ3) is 5.10. The monoisotopic (exact) mass is 288 g/mol. The first-order valence-electron chi connectivity index (χ1n) is 7.56. The summed E-state index contributed by atoms with van der Waals surface area (Å²) in [4.78, 5) is 17.6. The molecule has 0 aliphatic carbocycles. The number of hydrogen-bond acceptors (Lipinski definition) is 2. The minimum atomic E-state index is -0.0540. The van der Waals surface area contributed by atoms with Gasteiger partial charge in [-0.3, -0.25) is 9.79 Å². The molecule has 1 aromatic carbocycles. The van der Waals surface area contributed by atoms with Crippen molar-refractivity contribution in [3.8, 4) is 0 Å². The van der Waals surface area contributed by atoms with Crippen molar-refractivity contribution >= 4 is 17.6 Å². The molecule has 1 aliphatic heterocycles. The second-order valence-electron chi connectivity index (χ2n) is 5.42. The smallest absolute Gasteiger partial charge is 0.221 e. The number of benzene rings is 1. The fourth-order valence-electron chi connectivity index (χ4n) is 2.48. The molecule has 5 heteroatoms. The Labute approximate surface area is 126 Å². The van der Waals surface area contributed by atoms with Crippen molar-refractivity contribution in [3.63, 3.8) is 0 Å². The summed E-state index contributed by atoms with van der Waals surface area (Å²) >= 11 is 0. The average molecular weight is 288 g/mol. The fraction of sp³-hybridized carbons (Fsp3) is 0.500. The molecule has 1 aliphatic rings. The topological polar surface area (TPSA) is 70.7 Å². The molecule has 0 unspecified atom stereocenters. The summed E-state index contributed by atoms with van der Waals surface area (Å²) in [5, 5.41) is 2.76. The Balaban J connectivity index is 1.80. The summed E-state index contributed by atoms with van der Waals surface area (Å²) < 4.78 is 0. The Morgan fingerprint density at radius 3 is 2.52 bits per heavy atom. The van der Waals surface area contributed by atoms with E-state index in [-0.39, 0.29) is 5.91 Å². The molecule has 0 aromatic heterocycles. The van der Waals surface area contributed by atoms with Gasteiger partial charge in [0.15, 0.2) is 5.96 Å². The van der Waals surface area contributed by atoms with Gasteiger partial charge in [-0.25, -0.2) is 0 Å². The van der Waals surface area contributed by atoms with Gasteiger partial charge in [0.05, 0.1) is 0 Å². The van der Waals surface area contributed by atoms with E-state index in [1.54, 1.807) is 0 Å². The van der Waals surface area contributed by atoms with Gasteiger partial charge in [0.25, 0.3) is 0 Å². The van der Waals surface area contributed by atoms with Crippen molar-refractivity contribution in [1.29, 1.82) is 0 Å². The van der Waals surface area contributed by atoms with Crippen LogP contribution in [0.2, 0.25) is 0 Å². The summed E-state index contributed by atoms with van der Waals surface area (Å²) in [5.74, 6) is 0.617. The van der Waals surface area contributed by atoms with Gasteiger partial charge in [-0.2, -0.15) is 0 Å². The van der Waals surface area contributed by atoms with E-state index in [0.29, 0.717) is 12.5 Å². The van der Waals surface area contributed by atoms with E-state index in [9.17, 15) is 4.79 Å². The lowest BCUT2D eigenvalue weighted by Crippen LogP contribution is -2.41. The van der Waals surface area contributed by atoms with E-state index in [1.807, 2.05) is 24.3 Å². The number of amides is 1. The van der Waals surface area contributed by atoms with Gasteiger partial charge in [-0.15, -0.1) is 0 Å². The first kappa shape index (κ1) is 15.4. The van der Waals surface area contributed by atoms with E-state index in [2.05, 4.69) is 15.2 Å². The maximum atomic E-state index is 10.9. The zero-order valence-electron chi connectivity index (χ0n) is 12.6. The maximum absolute atomic E-state index is 10.9. The van der Waals surface area contributed by atoms with Gasteiger partial charge in [0, 0.05) is 32.2 Å². The van der Waals surface area contributed by atoms with Crippen LogP contribution >= 0.6 is 0 Å². The number of likely N-dealkylation sites (tertiary alicyclic amines) is 1. The Kier molecular flexibility index (Phi) is 5.60. The highest BCUT2D eigenvalue weighted by Gasteiger charge is 2.11. The largest absolute Gasteiger partial charge is 0.370 e.